The lowest BCUT2D eigenvalue weighted by molar-refractivity contribution is 1.08. The van der Waals surface area contributed by atoms with Crippen molar-refractivity contribution in [1.29, 1.82) is 0 Å². The van der Waals surface area contributed by atoms with Gasteiger partial charge in [-0.15, -0.1) is 11.3 Å². The average molecular weight is 946 g/mol. The molecular weight excluding hydrogens is 907 g/mol. The van der Waals surface area contributed by atoms with E-state index in [0.29, 0.717) is 17.5 Å². The number of hydrogen-bond acceptors (Lipinski definition) is 4. The molecule has 338 valence electrons. The van der Waals surface area contributed by atoms with Crippen molar-refractivity contribution < 1.29 is 0 Å². The Balaban J connectivity index is 0.822. The maximum Gasteiger partial charge on any atom is 0.164 e. The quantitative estimate of drug-likeness (QED) is 0.167. The fourth-order valence-electron chi connectivity index (χ4n) is 11.9. The Morgan fingerprint density at radius 2 is 0.890 bits per heavy atom. The van der Waals surface area contributed by atoms with Crippen molar-refractivity contribution in [2.45, 2.75) is 0 Å². The minimum Gasteiger partial charge on any atom is -0.309 e. The molecule has 0 bridgehead atoms. The highest BCUT2D eigenvalue weighted by molar-refractivity contribution is 7.26. The SMILES string of the molecule is c1ccc(-n2c3ccccc3c3c(-c4nc(-c5cccc(-c6ccc(-c7ccc8c(c7)c7ccc9sc%10cccc%11c%12ccccc%12n8c7c9c%10%11)cc6)c5)nc(-c5cccc6ccccc56)n4)cccc32)cc1. The second-order valence-corrected chi connectivity index (χ2v) is 20.2. The molecule has 73 heavy (non-hydrogen) atoms. The van der Waals surface area contributed by atoms with Gasteiger partial charge in [-0.3, -0.25) is 0 Å². The first kappa shape index (κ1) is 40.3. The molecule has 0 aliphatic rings. The first-order valence-corrected chi connectivity index (χ1v) is 25.6. The number of benzene rings is 11. The van der Waals surface area contributed by atoms with Crippen LogP contribution in [-0.4, -0.2) is 23.9 Å². The van der Waals surface area contributed by atoms with Crippen molar-refractivity contribution in [1.82, 2.24) is 23.9 Å². The Labute approximate surface area is 422 Å². The molecular formula is C67H39N5S. The van der Waals surface area contributed by atoms with Gasteiger partial charge in [0.25, 0.3) is 0 Å². The topological polar surface area (TPSA) is 48.0 Å². The third-order valence-electron chi connectivity index (χ3n) is 15.1. The molecule has 6 heteroatoms. The summed E-state index contributed by atoms with van der Waals surface area (Å²) in [6, 6.07) is 85.4. The normalized spacial score (nSPS) is 12.1. The van der Waals surface area contributed by atoms with Crippen LogP contribution in [0.2, 0.25) is 0 Å². The number of thiophene rings is 1. The molecule has 0 aliphatic heterocycles. The van der Waals surface area contributed by atoms with E-state index >= 15 is 0 Å². The molecule has 16 aromatic rings. The summed E-state index contributed by atoms with van der Waals surface area (Å²) in [4.78, 5) is 16.0. The molecule has 0 atom stereocenters. The van der Waals surface area contributed by atoms with Gasteiger partial charge in [-0.05, 0) is 99.1 Å². The number of nitrogens with zero attached hydrogens (tertiary/aromatic N) is 5. The molecule has 0 radical (unpaired) electrons. The molecule has 0 fully saturated rings. The zero-order chi connectivity index (χ0) is 47.7. The van der Waals surface area contributed by atoms with Crippen LogP contribution in [0.15, 0.2) is 237 Å². The minimum absolute atomic E-state index is 0.619. The van der Waals surface area contributed by atoms with Gasteiger partial charge in [0.1, 0.15) is 0 Å². The van der Waals surface area contributed by atoms with Gasteiger partial charge >= 0.3 is 0 Å². The summed E-state index contributed by atoms with van der Waals surface area (Å²) in [5, 5.41) is 12.3. The van der Waals surface area contributed by atoms with Gasteiger partial charge in [-0.1, -0.05) is 176 Å². The maximum absolute atomic E-state index is 5.37. The van der Waals surface area contributed by atoms with E-state index in [1.54, 1.807) is 0 Å². The molecule has 5 aromatic heterocycles. The molecule has 0 saturated heterocycles. The van der Waals surface area contributed by atoms with E-state index in [-0.39, 0.29) is 0 Å². The summed E-state index contributed by atoms with van der Waals surface area (Å²) in [5.74, 6) is 1.88. The number of hydrogen-bond donors (Lipinski definition) is 0. The zero-order valence-corrected chi connectivity index (χ0v) is 40.0. The van der Waals surface area contributed by atoms with Crippen LogP contribution in [0.3, 0.4) is 0 Å². The molecule has 11 aromatic carbocycles. The summed E-state index contributed by atoms with van der Waals surface area (Å²) in [6.07, 6.45) is 0. The highest BCUT2D eigenvalue weighted by Gasteiger charge is 2.23. The second-order valence-electron chi connectivity index (χ2n) is 19.1. The fraction of sp³-hybridized carbons (Fsp3) is 0. The number of para-hydroxylation sites is 3. The van der Waals surface area contributed by atoms with Crippen molar-refractivity contribution >= 4 is 102 Å². The minimum atomic E-state index is 0.619. The summed E-state index contributed by atoms with van der Waals surface area (Å²) < 4.78 is 7.51. The third kappa shape index (κ3) is 5.99. The monoisotopic (exact) mass is 945 g/mol. The standard InChI is InChI=1S/C67H39N5S/c1-2-18-46(19-3-1)71-56-27-9-7-22-52(56)61-53(25-12-28-58(61)71)67-69-65(68-66(70-67)51-24-11-15-42-14-4-5-20-47(42)51)45-17-10-16-43(38-45)40-30-32-41(33-31-40)44-34-36-57-54(39-44)50-35-37-60-63-62-49(23-13-29-59(62)73-60)48-21-6-8-26-55(48)72(57)64(50)63/h1-39H. The van der Waals surface area contributed by atoms with E-state index in [4.69, 9.17) is 15.0 Å². The Morgan fingerprint density at radius 3 is 1.75 bits per heavy atom. The van der Waals surface area contributed by atoms with Crippen LogP contribution < -0.4 is 0 Å². The first-order chi connectivity index (χ1) is 36.2. The van der Waals surface area contributed by atoms with Gasteiger partial charge in [0.05, 0.1) is 27.6 Å². The summed E-state index contributed by atoms with van der Waals surface area (Å²) >= 11 is 1.89. The molecule has 0 spiro atoms. The van der Waals surface area contributed by atoms with Crippen molar-refractivity contribution in [3.05, 3.63) is 237 Å². The van der Waals surface area contributed by atoms with Gasteiger partial charge in [0.15, 0.2) is 17.5 Å². The van der Waals surface area contributed by atoms with Crippen LogP contribution in [0.25, 0.3) is 153 Å². The van der Waals surface area contributed by atoms with E-state index in [0.717, 1.165) is 66.1 Å². The second kappa shape index (κ2) is 15.5. The van der Waals surface area contributed by atoms with Crippen molar-refractivity contribution in [2.24, 2.45) is 0 Å². The van der Waals surface area contributed by atoms with Crippen LogP contribution in [0.5, 0.6) is 0 Å². The van der Waals surface area contributed by atoms with Gasteiger partial charge in [-0.2, -0.15) is 0 Å². The summed E-state index contributed by atoms with van der Waals surface area (Å²) in [7, 11) is 0. The number of rotatable bonds is 6. The Morgan fingerprint density at radius 1 is 0.301 bits per heavy atom. The van der Waals surface area contributed by atoms with Crippen molar-refractivity contribution in [3.63, 3.8) is 0 Å². The highest BCUT2D eigenvalue weighted by Crippen LogP contribution is 2.47. The lowest BCUT2D eigenvalue weighted by Crippen LogP contribution is -2.01. The third-order valence-corrected chi connectivity index (χ3v) is 16.2. The van der Waals surface area contributed by atoms with E-state index < -0.39 is 0 Å². The predicted octanol–water partition coefficient (Wildman–Crippen LogP) is 18.0. The lowest BCUT2D eigenvalue weighted by Gasteiger charge is -2.12. The van der Waals surface area contributed by atoms with Crippen LogP contribution in [-0.2, 0) is 0 Å². The Hall–Kier alpha value is -9.49. The zero-order valence-electron chi connectivity index (χ0n) is 39.2. The summed E-state index contributed by atoms with van der Waals surface area (Å²) in [5.41, 5.74) is 14.5. The van der Waals surface area contributed by atoms with Crippen LogP contribution in [0, 0.1) is 0 Å². The predicted molar refractivity (Wildman–Crippen MR) is 306 cm³/mol. The molecule has 0 aliphatic carbocycles. The van der Waals surface area contributed by atoms with E-state index in [1.165, 1.54) is 69.4 Å². The molecule has 0 N–H and O–H groups in total. The first-order valence-electron chi connectivity index (χ1n) is 24.8. The largest absolute Gasteiger partial charge is 0.309 e. The van der Waals surface area contributed by atoms with E-state index in [2.05, 4.69) is 246 Å². The Bertz CT molecular complexity index is 4890. The molecule has 0 saturated carbocycles. The number of aromatic nitrogens is 5. The number of fused-ring (bicyclic) bond motifs is 10. The van der Waals surface area contributed by atoms with Gasteiger partial charge in [0.2, 0.25) is 0 Å². The average Bonchev–Trinajstić information content (AvgIpc) is 4.13. The van der Waals surface area contributed by atoms with Crippen LogP contribution in [0.4, 0.5) is 0 Å². The molecule has 0 amide bonds. The Kier molecular flexibility index (Phi) is 8.55. The molecule has 0 unspecified atom stereocenters. The maximum atomic E-state index is 5.37. The molecule has 16 rings (SSSR count). The summed E-state index contributed by atoms with van der Waals surface area (Å²) in [6.45, 7) is 0. The highest BCUT2D eigenvalue weighted by atomic mass is 32.1. The molecule has 5 nitrogen and oxygen atoms in total. The lowest BCUT2D eigenvalue weighted by atomic mass is 9.97. The van der Waals surface area contributed by atoms with Crippen LogP contribution in [0.1, 0.15) is 0 Å². The van der Waals surface area contributed by atoms with Gasteiger partial charge < -0.3 is 8.97 Å². The van der Waals surface area contributed by atoms with Crippen molar-refractivity contribution in [2.75, 3.05) is 0 Å². The smallest absolute Gasteiger partial charge is 0.164 e. The van der Waals surface area contributed by atoms with E-state index in [1.807, 2.05) is 11.3 Å². The van der Waals surface area contributed by atoms with Gasteiger partial charge in [0, 0.05) is 69.5 Å². The van der Waals surface area contributed by atoms with Gasteiger partial charge in [-0.25, -0.2) is 15.0 Å². The fourth-order valence-corrected chi connectivity index (χ4v) is 13.0. The van der Waals surface area contributed by atoms with E-state index in [9.17, 15) is 0 Å². The molecule has 5 heterocycles. The van der Waals surface area contributed by atoms with Crippen molar-refractivity contribution in [3.8, 4) is 62.1 Å². The van der Waals surface area contributed by atoms with Crippen LogP contribution >= 0.6 is 11.3 Å².